The normalized spacial score (nSPS) is 17.4. The summed E-state index contributed by atoms with van der Waals surface area (Å²) in [5, 5.41) is 15.0. The van der Waals surface area contributed by atoms with Crippen LogP contribution in [0.3, 0.4) is 0 Å². The Hall–Kier alpha value is -3.05. The van der Waals surface area contributed by atoms with Gasteiger partial charge in [0.25, 0.3) is 0 Å². The highest BCUT2D eigenvalue weighted by Gasteiger charge is 2.38. The van der Waals surface area contributed by atoms with Gasteiger partial charge in [-0.3, -0.25) is 19.2 Å². The molecule has 1 aromatic carbocycles. The van der Waals surface area contributed by atoms with Crippen LogP contribution in [0.1, 0.15) is 24.8 Å². The van der Waals surface area contributed by atoms with Gasteiger partial charge in [-0.15, -0.1) is 0 Å². The van der Waals surface area contributed by atoms with Gasteiger partial charge < -0.3 is 31.4 Å². The third-order valence-corrected chi connectivity index (χ3v) is 6.58. The zero-order chi connectivity index (χ0) is 24.7. The quantitative estimate of drug-likeness (QED) is 0.307. The standard InChI is InChI=1S/C23H31N5O5S/c1-34-10-8-16(24)21(31)27-18(11-14-12-25-17-6-3-2-5-15(14)17)23(33)28-9-4-7-19(28)22(32)26-13-20(29)30/h2-3,5-6,12,16,18-19,25H,4,7-11,13,24H2,1H3,(H,26,32)(H,27,31)(H,29,30). The summed E-state index contributed by atoms with van der Waals surface area (Å²) >= 11 is 1.58. The average molecular weight is 490 g/mol. The molecule has 3 unspecified atom stereocenters. The van der Waals surface area contributed by atoms with Gasteiger partial charge in [-0.1, -0.05) is 18.2 Å². The molecule has 0 aliphatic carbocycles. The summed E-state index contributed by atoms with van der Waals surface area (Å²) in [7, 11) is 0. The number of nitrogens with two attached hydrogens (primary N) is 1. The number of benzene rings is 1. The van der Waals surface area contributed by atoms with E-state index in [-0.39, 0.29) is 12.3 Å². The summed E-state index contributed by atoms with van der Waals surface area (Å²) < 4.78 is 0. The van der Waals surface area contributed by atoms with Crippen molar-refractivity contribution in [3.05, 3.63) is 36.0 Å². The second-order valence-electron chi connectivity index (χ2n) is 8.31. The van der Waals surface area contributed by atoms with Crippen LogP contribution in [0.4, 0.5) is 0 Å². The molecule has 0 radical (unpaired) electrons. The number of thioether (sulfide) groups is 1. The van der Waals surface area contributed by atoms with E-state index in [0.29, 0.717) is 31.6 Å². The summed E-state index contributed by atoms with van der Waals surface area (Å²) in [6, 6.07) is 5.22. The molecule has 3 atom stereocenters. The Labute approximate surface area is 202 Å². The van der Waals surface area contributed by atoms with Crippen molar-refractivity contribution in [1.29, 1.82) is 0 Å². The number of carbonyl (C=O) groups excluding carboxylic acids is 3. The fraction of sp³-hybridized carbons (Fsp3) is 0.478. The first kappa shape index (κ1) is 25.6. The number of rotatable bonds is 11. The maximum absolute atomic E-state index is 13.6. The third kappa shape index (κ3) is 6.29. The molecule has 11 heteroatoms. The number of aromatic nitrogens is 1. The molecular formula is C23H31N5O5S. The van der Waals surface area contributed by atoms with Crippen LogP contribution in [0, 0.1) is 0 Å². The van der Waals surface area contributed by atoms with Crippen LogP contribution >= 0.6 is 11.8 Å². The second kappa shape index (κ2) is 11.9. The summed E-state index contributed by atoms with van der Waals surface area (Å²) in [6.45, 7) is -0.167. The third-order valence-electron chi connectivity index (χ3n) is 5.94. The second-order valence-corrected chi connectivity index (χ2v) is 9.30. The number of nitrogens with one attached hydrogen (secondary N) is 3. The molecule has 0 spiro atoms. The zero-order valence-corrected chi connectivity index (χ0v) is 19.9. The molecular weight excluding hydrogens is 458 g/mol. The maximum Gasteiger partial charge on any atom is 0.322 e. The van der Waals surface area contributed by atoms with Crippen molar-refractivity contribution in [3.8, 4) is 0 Å². The number of nitrogens with zero attached hydrogens (tertiary/aromatic N) is 1. The summed E-state index contributed by atoms with van der Waals surface area (Å²) in [6.07, 6.45) is 5.48. The number of aromatic amines is 1. The van der Waals surface area contributed by atoms with Crippen LogP contribution in [0.5, 0.6) is 0 Å². The fourth-order valence-corrected chi connectivity index (χ4v) is 4.65. The largest absolute Gasteiger partial charge is 0.480 e. The first-order chi connectivity index (χ1) is 16.3. The van der Waals surface area contributed by atoms with Crippen LogP contribution in [0.25, 0.3) is 10.9 Å². The van der Waals surface area contributed by atoms with Crippen LogP contribution in [0.15, 0.2) is 30.5 Å². The SMILES string of the molecule is CSCCC(N)C(=O)NC(Cc1c[nH]c2ccccc12)C(=O)N1CCCC1C(=O)NCC(=O)O. The number of aliphatic carboxylic acids is 1. The average Bonchev–Trinajstić information content (AvgIpc) is 3.47. The number of amides is 3. The maximum atomic E-state index is 13.6. The number of hydrogen-bond donors (Lipinski definition) is 5. The lowest BCUT2D eigenvalue weighted by Gasteiger charge is -2.29. The van der Waals surface area contributed by atoms with Gasteiger partial charge in [-0.05, 0) is 42.9 Å². The molecule has 1 fully saturated rings. The topological polar surface area (TPSA) is 158 Å². The lowest BCUT2D eigenvalue weighted by molar-refractivity contribution is -0.142. The minimum Gasteiger partial charge on any atom is -0.480 e. The van der Waals surface area contributed by atoms with E-state index in [1.54, 1.807) is 11.8 Å². The van der Waals surface area contributed by atoms with Gasteiger partial charge in [-0.2, -0.15) is 11.8 Å². The van der Waals surface area contributed by atoms with Crippen LogP contribution in [0.2, 0.25) is 0 Å². The molecule has 6 N–H and O–H groups in total. The van der Waals surface area contributed by atoms with Crippen molar-refractivity contribution in [3.63, 3.8) is 0 Å². The smallest absolute Gasteiger partial charge is 0.322 e. The van der Waals surface area contributed by atoms with Crippen molar-refractivity contribution in [2.75, 3.05) is 25.1 Å². The first-order valence-electron chi connectivity index (χ1n) is 11.2. The number of likely N-dealkylation sites (tertiary alicyclic amines) is 1. The Morgan fingerprint density at radius 3 is 2.79 bits per heavy atom. The molecule has 10 nitrogen and oxygen atoms in total. The van der Waals surface area contributed by atoms with E-state index in [2.05, 4.69) is 15.6 Å². The number of H-pyrrole nitrogens is 1. The molecule has 0 bridgehead atoms. The monoisotopic (exact) mass is 489 g/mol. The number of carbonyl (C=O) groups is 4. The summed E-state index contributed by atoms with van der Waals surface area (Å²) in [5.74, 6) is -1.76. The van der Waals surface area contributed by atoms with E-state index >= 15 is 0 Å². The van der Waals surface area contributed by atoms with Crippen LogP contribution in [-0.2, 0) is 25.6 Å². The Bertz CT molecular complexity index is 1040. The molecule has 1 aliphatic rings. The van der Waals surface area contributed by atoms with Crippen molar-refractivity contribution in [2.45, 2.75) is 43.8 Å². The number of fused-ring (bicyclic) bond motifs is 1. The van der Waals surface area contributed by atoms with Crippen molar-refractivity contribution in [2.24, 2.45) is 5.73 Å². The highest BCUT2D eigenvalue weighted by atomic mass is 32.2. The minimum absolute atomic E-state index is 0.226. The van der Waals surface area contributed by atoms with E-state index in [1.807, 2.05) is 36.7 Å². The predicted octanol–water partition coefficient (Wildman–Crippen LogP) is 0.467. The lowest BCUT2D eigenvalue weighted by Crippen LogP contribution is -2.56. The number of hydrogen-bond acceptors (Lipinski definition) is 6. The molecule has 34 heavy (non-hydrogen) atoms. The molecule has 1 aliphatic heterocycles. The predicted molar refractivity (Wildman–Crippen MR) is 130 cm³/mol. The van der Waals surface area contributed by atoms with Crippen molar-refractivity contribution in [1.82, 2.24) is 20.5 Å². The van der Waals surface area contributed by atoms with E-state index in [0.717, 1.165) is 16.5 Å². The molecule has 3 amide bonds. The van der Waals surface area contributed by atoms with Gasteiger partial charge in [0, 0.05) is 30.1 Å². The number of para-hydroxylation sites is 1. The highest BCUT2D eigenvalue weighted by molar-refractivity contribution is 7.98. The highest BCUT2D eigenvalue weighted by Crippen LogP contribution is 2.23. The van der Waals surface area contributed by atoms with Crippen LogP contribution in [-0.4, -0.2) is 81.9 Å². The zero-order valence-electron chi connectivity index (χ0n) is 19.1. The Morgan fingerprint density at radius 2 is 2.06 bits per heavy atom. The minimum atomic E-state index is -1.16. The van der Waals surface area contributed by atoms with E-state index in [9.17, 15) is 19.2 Å². The molecule has 2 aromatic rings. The Morgan fingerprint density at radius 1 is 1.29 bits per heavy atom. The van der Waals surface area contributed by atoms with Gasteiger partial charge in [0.05, 0.1) is 6.04 Å². The molecule has 1 aromatic heterocycles. The van der Waals surface area contributed by atoms with Gasteiger partial charge in [0.1, 0.15) is 18.6 Å². The summed E-state index contributed by atoms with van der Waals surface area (Å²) in [4.78, 5) is 54.4. The van der Waals surface area contributed by atoms with Crippen molar-refractivity contribution >= 4 is 46.4 Å². The van der Waals surface area contributed by atoms with Crippen LogP contribution < -0.4 is 16.4 Å². The molecule has 184 valence electrons. The van der Waals surface area contributed by atoms with Gasteiger partial charge >= 0.3 is 5.97 Å². The molecule has 0 saturated carbocycles. The van der Waals surface area contributed by atoms with Gasteiger partial charge in [-0.25, -0.2) is 0 Å². The number of carboxylic acids is 1. The summed E-state index contributed by atoms with van der Waals surface area (Å²) in [5.41, 5.74) is 7.81. The molecule has 2 heterocycles. The first-order valence-corrected chi connectivity index (χ1v) is 12.6. The van der Waals surface area contributed by atoms with Gasteiger partial charge in [0.2, 0.25) is 17.7 Å². The van der Waals surface area contributed by atoms with E-state index < -0.39 is 42.5 Å². The number of carboxylic acid groups (broad SMARTS) is 1. The lowest BCUT2D eigenvalue weighted by atomic mass is 10.0. The Kier molecular flexibility index (Phi) is 8.94. The Balaban J connectivity index is 1.81. The molecule has 3 rings (SSSR count). The van der Waals surface area contributed by atoms with E-state index in [4.69, 9.17) is 10.8 Å². The van der Waals surface area contributed by atoms with Gasteiger partial charge in [0.15, 0.2) is 0 Å². The fourth-order valence-electron chi connectivity index (χ4n) is 4.16. The van der Waals surface area contributed by atoms with E-state index in [1.165, 1.54) is 4.90 Å². The van der Waals surface area contributed by atoms with Crippen molar-refractivity contribution < 1.29 is 24.3 Å². The molecule has 1 saturated heterocycles.